The summed E-state index contributed by atoms with van der Waals surface area (Å²) in [5, 5.41) is 0. The monoisotopic (exact) mass is 346 g/mol. The molecule has 3 rings (SSSR count). The molecule has 4 nitrogen and oxygen atoms in total. The summed E-state index contributed by atoms with van der Waals surface area (Å²) in [6.45, 7) is 2.30. The first-order chi connectivity index (χ1) is 9.15. The largest absolute Gasteiger partial charge is 0.376 e. The number of benzene rings is 1. The van der Waals surface area contributed by atoms with Crippen molar-refractivity contribution in [3.8, 4) is 0 Å². The summed E-state index contributed by atoms with van der Waals surface area (Å²) in [7, 11) is 0. The summed E-state index contributed by atoms with van der Waals surface area (Å²) < 4.78 is 27.4. The highest BCUT2D eigenvalue weighted by Gasteiger charge is 2.17. The fraction of sp³-hybridized carbons (Fsp3) is 0.417. The van der Waals surface area contributed by atoms with Crippen LogP contribution in [0.25, 0.3) is 11.0 Å². The van der Waals surface area contributed by atoms with Gasteiger partial charge in [0.2, 0.25) is 0 Å². The predicted octanol–water partition coefficient (Wildman–Crippen LogP) is 3.02. The zero-order valence-corrected chi connectivity index (χ0v) is 12.4. The van der Waals surface area contributed by atoms with E-state index in [1.807, 2.05) is 4.57 Å². The van der Waals surface area contributed by atoms with Crippen molar-refractivity contribution in [2.75, 3.05) is 19.8 Å². The van der Waals surface area contributed by atoms with E-state index in [0.717, 1.165) is 11.0 Å². The van der Waals surface area contributed by atoms with Crippen molar-refractivity contribution in [2.24, 2.45) is 0 Å². The van der Waals surface area contributed by atoms with Crippen molar-refractivity contribution in [3.63, 3.8) is 0 Å². The molecule has 0 radical (unpaired) electrons. The highest BCUT2D eigenvalue weighted by molar-refractivity contribution is 9.10. The van der Waals surface area contributed by atoms with E-state index in [-0.39, 0.29) is 11.9 Å². The second-order valence-corrected chi connectivity index (χ2v) is 5.63. The molecule has 19 heavy (non-hydrogen) atoms. The third kappa shape index (κ3) is 2.60. The van der Waals surface area contributed by atoms with Gasteiger partial charge in [-0.05, 0) is 34.2 Å². The van der Waals surface area contributed by atoms with Gasteiger partial charge in [0.15, 0.2) is 4.77 Å². The van der Waals surface area contributed by atoms with Gasteiger partial charge in [0.25, 0.3) is 0 Å². The van der Waals surface area contributed by atoms with E-state index >= 15 is 0 Å². The fourth-order valence-electron chi connectivity index (χ4n) is 2.18. The molecule has 2 aromatic rings. The van der Waals surface area contributed by atoms with Crippen LogP contribution in [0.15, 0.2) is 16.6 Å². The summed E-state index contributed by atoms with van der Waals surface area (Å²) in [5.74, 6) is -0.309. The minimum Gasteiger partial charge on any atom is -0.376 e. The van der Waals surface area contributed by atoms with Crippen molar-refractivity contribution in [1.29, 1.82) is 0 Å². The number of imidazole rings is 1. The Kier molecular flexibility index (Phi) is 3.70. The lowest BCUT2D eigenvalue weighted by Gasteiger charge is -2.23. The van der Waals surface area contributed by atoms with E-state index < -0.39 is 0 Å². The van der Waals surface area contributed by atoms with Crippen molar-refractivity contribution >= 4 is 39.2 Å². The number of halogens is 2. The maximum absolute atomic E-state index is 13.7. The summed E-state index contributed by atoms with van der Waals surface area (Å²) in [4.78, 5) is 3.07. The maximum Gasteiger partial charge on any atom is 0.178 e. The quantitative estimate of drug-likeness (QED) is 0.849. The minimum absolute atomic E-state index is 0.0499. The molecule has 1 saturated heterocycles. The molecular formula is C12H12BrFN2O2S. The van der Waals surface area contributed by atoms with Crippen molar-refractivity contribution in [1.82, 2.24) is 9.55 Å². The molecule has 1 aromatic heterocycles. The first-order valence-corrected chi connectivity index (χ1v) is 7.12. The van der Waals surface area contributed by atoms with Crippen LogP contribution in [0.1, 0.15) is 0 Å². The van der Waals surface area contributed by atoms with E-state index in [1.165, 1.54) is 6.07 Å². The molecule has 102 valence electrons. The number of nitrogens with zero attached hydrogens (tertiary/aromatic N) is 1. The predicted molar refractivity (Wildman–Crippen MR) is 75.3 cm³/mol. The molecule has 1 unspecified atom stereocenters. The molecule has 1 aliphatic rings. The van der Waals surface area contributed by atoms with Crippen LogP contribution in [0.4, 0.5) is 4.39 Å². The van der Waals surface area contributed by atoms with Gasteiger partial charge in [-0.15, -0.1) is 0 Å². The Morgan fingerprint density at radius 1 is 1.47 bits per heavy atom. The van der Waals surface area contributed by atoms with E-state index in [1.54, 1.807) is 6.07 Å². The number of aromatic amines is 1. The number of rotatable bonds is 2. The minimum atomic E-state index is -0.309. The number of H-pyrrole nitrogens is 1. The average Bonchev–Trinajstić information content (AvgIpc) is 2.68. The van der Waals surface area contributed by atoms with E-state index in [4.69, 9.17) is 21.7 Å². The first-order valence-electron chi connectivity index (χ1n) is 5.92. The van der Waals surface area contributed by atoms with Gasteiger partial charge in [-0.2, -0.15) is 0 Å². The Morgan fingerprint density at radius 3 is 3.05 bits per heavy atom. The SMILES string of the molecule is Fc1cc2c(cc1Br)[nH]c(=S)n2CC1COCCO1. The highest BCUT2D eigenvalue weighted by Crippen LogP contribution is 2.23. The lowest BCUT2D eigenvalue weighted by atomic mass is 10.3. The van der Waals surface area contributed by atoms with E-state index in [0.29, 0.717) is 35.6 Å². The van der Waals surface area contributed by atoms with Crippen LogP contribution in [-0.2, 0) is 16.0 Å². The maximum atomic E-state index is 13.7. The van der Waals surface area contributed by atoms with Crippen molar-refractivity contribution in [3.05, 3.63) is 27.2 Å². The molecule has 1 N–H and O–H groups in total. The molecule has 0 saturated carbocycles. The van der Waals surface area contributed by atoms with Gasteiger partial charge in [0, 0.05) is 6.07 Å². The second kappa shape index (κ2) is 5.32. The number of ether oxygens (including phenoxy) is 2. The lowest BCUT2D eigenvalue weighted by Crippen LogP contribution is -2.32. The van der Waals surface area contributed by atoms with Crippen LogP contribution in [-0.4, -0.2) is 35.5 Å². The van der Waals surface area contributed by atoms with Gasteiger partial charge >= 0.3 is 0 Å². The molecule has 7 heteroatoms. The zero-order valence-electron chi connectivity index (χ0n) is 9.99. The summed E-state index contributed by atoms with van der Waals surface area (Å²) in [5.41, 5.74) is 1.54. The Hall–Kier alpha value is -0.760. The van der Waals surface area contributed by atoms with Crippen LogP contribution < -0.4 is 0 Å². The lowest BCUT2D eigenvalue weighted by molar-refractivity contribution is -0.0933. The Labute approximate surface area is 122 Å². The van der Waals surface area contributed by atoms with Gasteiger partial charge in [-0.25, -0.2) is 4.39 Å². The molecule has 0 amide bonds. The Morgan fingerprint density at radius 2 is 2.32 bits per heavy atom. The topological polar surface area (TPSA) is 39.2 Å². The van der Waals surface area contributed by atoms with E-state index in [2.05, 4.69) is 20.9 Å². The smallest absolute Gasteiger partial charge is 0.178 e. The number of hydrogen-bond acceptors (Lipinski definition) is 3. The van der Waals surface area contributed by atoms with Crippen LogP contribution >= 0.6 is 28.1 Å². The molecule has 1 aliphatic heterocycles. The van der Waals surface area contributed by atoms with Gasteiger partial charge < -0.3 is 19.0 Å². The number of hydrogen-bond donors (Lipinski definition) is 1. The average molecular weight is 347 g/mol. The van der Waals surface area contributed by atoms with Gasteiger partial charge in [-0.1, -0.05) is 0 Å². The van der Waals surface area contributed by atoms with E-state index in [9.17, 15) is 4.39 Å². The molecule has 1 aromatic carbocycles. The standard InChI is InChI=1S/C12H12BrFN2O2S/c13-8-3-10-11(4-9(8)14)16(12(19)15-10)5-7-6-17-1-2-18-7/h3-4,7H,1-2,5-6H2,(H,15,19). The summed E-state index contributed by atoms with van der Waals surface area (Å²) in [6, 6.07) is 3.16. The number of aromatic nitrogens is 2. The summed E-state index contributed by atoms with van der Waals surface area (Å²) in [6.07, 6.45) is -0.0499. The van der Waals surface area contributed by atoms with Crippen LogP contribution in [0.5, 0.6) is 0 Å². The van der Waals surface area contributed by atoms with Crippen LogP contribution in [0.2, 0.25) is 0 Å². The van der Waals surface area contributed by atoms with Crippen molar-refractivity contribution < 1.29 is 13.9 Å². The number of nitrogens with one attached hydrogen (secondary N) is 1. The highest BCUT2D eigenvalue weighted by atomic mass is 79.9. The normalized spacial score (nSPS) is 20.0. The zero-order chi connectivity index (χ0) is 13.4. The van der Waals surface area contributed by atoms with Gasteiger partial charge in [-0.3, -0.25) is 0 Å². The molecule has 1 fully saturated rings. The molecule has 2 heterocycles. The number of fused-ring (bicyclic) bond motifs is 1. The molecule has 0 bridgehead atoms. The Balaban J connectivity index is 2.00. The van der Waals surface area contributed by atoms with Gasteiger partial charge in [0.1, 0.15) is 5.82 Å². The fourth-order valence-corrected chi connectivity index (χ4v) is 2.80. The first kappa shape index (κ1) is 13.2. The molecule has 0 spiro atoms. The molecule has 0 aliphatic carbocycles. The van der Waals surface area contributed by atoms with Crippen molar-refractivity contribution in [2.45, 2.75) is 12.6 Å². The summed E-state index contributed by atoms with van der Waals surface area (Å²) >= 11 is 8.45. The third-order valence-corrected chi connectivity index (χ3v) is 4.02. The Bertz CT molecular complexity index is 664. The molecular weight excluding hydrogens is 335 g/mol. The van der Waals surface area contributed by atoms with Crippen LogP contribution in [0, 0.1) is 10.6 Å². The van der Waals surface area contributed by atoms with Crippen LogP contribution in [0.3, 0.4) is 0 Å². The second-order valence-electron chi connectivity index (χ2n) is 4.39. The third-order valence-electron chi connectivity index (χ3n) is 3.09. The van der Waals surface area contributed by atoms with Gasteiger partial charge in [0.05, 0.1) is 48.0 Å². The molecule has 1 atom stereocenters.